The first kappa shape index (κ1) is 18.9. The Bertz CT molecular complexity index is 709. The van der Waals surface area contributed by atoms with Crippen LogP contribution in [-0.4, -0.2) is 36.0 Å². The van der Waals surface area contributed by atoms with Crippen LogP contribution in [0.1, 0.15) is 21.9 Å². The van der Waals surface area contributed by atoms with Crippen molar-refractivity contribution in [3.05, 3.63) is 58.1 Å². The van der Waals surface area contributed by atoms with Crippen molar-refractivity contribution >= 4 is 46.8 Å². The molecule has 0 aliphatic carbocycles. The Morgan fingerprint density at radius 3 is 2.71 bits per heavy atom. The first-order chi connectivity index (χ1) is 11.3. The monoisotopic (exact) mass is 454 g/mol. The predicted octanol–water partition coefficient (Wildman–Crippen LogP) is 3.93. The fraction of sp³-hybridized carbons (Fsp3) is 0.333. The summed E-state index contributed by atoms with van der Waals surface area (Å²) in [6, 6.07) is 10.6. The highest BCUT2D eigenvalue weighted by molar-refractivity contribution is 14.0. The standard InChI is InChI=1S/C18H22N4S.HI/c1-14-20-12-17(23-14)13-21-18(19-2)22-10-8-16(9-11-22)15-6-4-3-5-7-15;/h3-8,12H,9-11,13H2,1-2H3,(H,19,21);1H. The summed E-state index contributed by atoms with van der Waals surface area (Å²) < 4.78 is 0. The van der Waals surface area contributed by atoms with Gasteiger partial charge < -0.3 is 10.2 Å². The number of hydrogen-bond acceptors (Lipinski definition) is 3. The SMILES string of the molecule is CN=C(NCc1cnc(C)s1)N1CC=C(c2ccccc2)CC1.I. The zero-order chi connectivity index (χ0) is 16.1. The number of benzene rings is 1. The molecule has 128 valence electrons. The van der Waals surface area contributed by atoms with Gasteiger partial charge in [0, 0.05) is 31.2 Å². The molecule has 1 aliphatic rings. The van der Waals surface area contributed by atoms with Crippen LogP contribution in [0.3, 0.4) is 0 Å². The minimum absolute atomic E-state index is 0. The van der Waals surface area contributed by atoms with Crippen molar-refractivity contribution < 1.29 is 0 Å². The Morgan fingerprint density at radius 1 is 1.33 bits per heavy atom. The number of halogens is 1. The molecule has 1 aliphatic heterocycles. The van der Waals surface area contributed by atoms with E-state index in [2.05, 4.69) is 56.6 Å². The summed E-state index contributed by atoms with van der Waals surface area (Å²) >= 11 is 1.73. The van der Waals surface area contributed by atoms with Crippen molar-refractivity contribution in [1.29, 1.82) is 0 Å². The van der Waals surface area contributed by atoms with Gasteiger partial charge in [0.15, 0.2) is 5.96 Å². The third-order valence-corrected chi connectivity index (χ3v) is 4.87. The molecule has 0 amide bonds. The lowest BCUT2D eigenvalue weighted by Gasteiger charge is -2.29. The van der Waals surface area contributed by atoms with E-state index in [0.29, 0.717) is 0 Å². The smallest absolute Gasteiger partial charge is 0.194 e. The van der Waals surface area contributed by atoms with Gasteiger partial charge in [0.2, 0.25) is 0 Å². The lowest BCUT2D eigenvalue weighted by molar-refractivity contribution is 0.440. The summed E-state index contributed by atoms with van der Waals surface area (Å²) in [4.78, 5) is 12.2. The van der Waals surface area contributed by atoms with Crippen LogP contribution in [0.25, 0.3) is 5.57 Å². The number of aryl methyl sites for hydroxylation is 1. The Labute approximate surface area is 164 Å². The average molecular weight is 454 g/mol. The van der Waals surface area contributed by atoms with Crippen LogP contribution >= 0.6 is 35.3 Å². The number of rotatable bonds is 3. The van der Waals surface area contributed by atoms with Crippen LogP contribution in [0.4, 0.5) is 0 Å². The lowest BCUT2D eigenvalue weighted by Crippen LogP contribution is -2.43. The number of aliphatic imine (C=N–C) groups is 1. The number of hydrogen-bond donors (Lipinski definition) is 1. The van der Waals surface area contributed by atoms with Gasteiger partial charge in [-0.2, -0.15) is 0 Å². The van der Waals surface area contributed by atoms with E-state index in [1.54, 1.807) is 11.3 Å². The first-order valence-corrected chi connectivity index (χ1v) is 8.69. The van der Waals surface area contributed by atoms with Gasteiger partial charge >= 0.3 is 0 Å². The summed E-state index contributed by atoms with van der Waals surface area (Å²) in [5.41, 5.74) is 2.76. The summed E-state index contributed by atoms with van der Waals surface area (Å²) in [7, 11) is 1.84. The second kappa shape index (κ2) is 9.17. The summed E-state index contributed by atoms with van der Waals surface area (Å²) in [5, 5.41) is 4.54. The van der Waals surface area contributed by atoms with Gasteiger partial charge in [0.05, 0.1) is 11.6 Å². The maximum absolute atomic E-state index is 4.42. The molecular formula is C18H23IN4S. The molecule has 6 heteroatoms. The third-order valence-electron chi connectivity index (χ3n) is 3.95. The maximum atomic E-state index is 4.42. The van der Waals surface area contributed by atoms with E-state index in [1.807, 2.05) is 20.2 Å². The van der Waals surface area contributed by atoms with Crippen molar-refractivity contribution in [2.45, 2.75) is 19.9 Å². The van der Waals surface area contributed by atoms with Crippen LogP contribution in [0.5, 0.6) is 0 Å². The summed E-state index contributed by atoms with van der Waals surface area (Å²) in [6.45, 7) is 4.70. The fourth-order valence-corrected chi connectivity index (χ4v) is 3.50. The Morgan fingerprint density at radius 2 is 2.12 bits per heavy atom. The van der Waals surface area contributed by atoms with E-state index >= 15 is 0 Å². The highest BCUT2D eigenvalue weighted by Crippen LogP contribution is 2.22. The van der Waals surface area contributed by atoms with Gasteiger partial charge in [-0.15, -0.1) is 35.3 Å². The molecule has 4 nitrogen and oxygen atoms in total. The Balaban J connectivity index is 0.00000208. The van der Waals surface area contributed by atoms with Crippen LogP contribution in [0.15, 0.2) is 47.6 Å². The van der Waals surface area contributed by atoms with Crippen LogP contribution < -0.4 is 5.32 Å². The van der Waals surface area contributed by atoms with Gasteiger partial charge in [-0.1, -0.05) is 36.4 Å². The number of guanidine groups is 1. The molecule has 0 spiro atoms. The minimum atomic E-state index is 0. The van der Waals surface area contributed by atoms with Crippen molar-refractivity contribution in [1.82, 2.24) is 15.2 Å². The third kappa shape index (κ3) is 4.80. The number of nitrogens with zero attached hydrogens (tertiary/aromatic N) is 3. The maximum Gasteiger partial charge on any atom is 0.194 e. The van der Waals surface area contributed by atoms with E-state index < -0.39 is 0 Å². The van der Waals surface area contributed by atoms with Crippen molar-refractivity contribution in [3.8, 4) is 0 Å². The van der Waals surface area contributed by atoms with Crippen molar-refractivity contribution in [3.63, 3.8) is 0 Å². The van der Waals surface area contributed by atoms with Crippen molar-refractivity contribution in [2.75, 3.05) is 20.1 Å². The van der Waals surface area contributed by atoms with E-state index in [0.717, 1.165) is 37.0 Å². The zero-order valence-electron chi connectivity index (χ0n) is 14.0. The molecule has 0 unspecified atom stereocenters. The Hall–Kier alpha value is -1.41. The largest absolute Gasteiger partial charge is 0.351 e. The van der Waals surface area contributed by atoms with E-state index in [1.165, 1.54) is 16.0 Å². The molecule has 1 aromatic heterocycles. The quantitative estimate of drug-likeness (QED) is 0.434. The molecule has 3 rings (SSSR count). The predicted molar refractivity (Wildman–Crippen MR) is 113 cm³/mol. The molecule has 0 radical (unpaired) electrons. The van der Waals surface area contributed by atoms with Gasteiger partial charge in [-0.3, -0.25) is 4.99 Å². The molecule has 0 saturated heterocycles. The van der Waals surface area contributed by atoms with E-state index in [4.69, 9.17) is 0 Å². The highest BCUT2D eigenvalue weighted by atomic mass is 127. The lowest BCUT2D eigenvalue weighted by atomic mass is 10.00. The second-order valence-electron chi connectivity index (χ2n) is 5.54. The Kier molecular flexibility index (Phi) is 7.23. The minimum Gasteiger partial charge on any atom is -0.351 e. The number of aromatic nitrogens is 1. The van der Waals surface area contributed by atoms with Gasteiger partial charge in [-0.25, -0.2) is 4.98 Å². The average Bonchev–Trinajstić information content (AvgIpc) is 3.02. The zero-order valence-corrected chi connectivity index (χ0v) is 17.2. The normalized spacial score (nSPS) is 14.8. The molecular weight excluding hydrogens is 431 g/mol. The first-order valence-electron chi connectivity index (χ1n) is 7.87. The highest BCUT2D eigenvalue weighted by Gasteiger charge is 2.16. The molecule has 1 aromatic carbocycles. The molecule has 24 heavy (non-hydrogen) atoms. The van der Waals surface area contributed by atoms with Gasteiger partial charge in [0.25, 0.3) is 0 Å². The molecule has 2 heterocycles. The summed E-state index contributed by atoms with van der Waals surface area (Å²) in [6.07, 6.45) is 5.29. The van der Waals surface area contributed by atoms with Crippen molar-refractivity contribution in [2.24, 2.45) is 4.99 Å². The molecule has 0 fully saturated rings. The number of thiazole rings is 1. The summed E-state index contributed by atoms with van der Waals surface area (Å²) in [5.74, 6) is 0.958. The molecule has 1 N–H and O–H groups in total. The topological polar surface area (TPSA) is 40.5 Å². The van der Waals surface area contributed by atoms with Gasteiger partial charge in [0.1, 0.15) is 0 Å². The molecule has 0 saturated carbocycles. The van der Waals surface area contributed by atoms with Crippen LogP contribution in [0.2, 0.25) is 0 Å². The fourth-order valence-electron chi connectivity index (χ4n) is 2.76. The number of nitrogens with one attached hydrogen (secondary N) is 1. The molecule has 2 aromatic rings. The van der Waals surface area contributed by atoms with Gasteiger partial charge in [-0.05, 0) is 24.5 Å². The van der Waals surface area contributed by atoms with E-state index in [9.17, 15) is 0 Å². The van der Waals surface area contributed by atoms with Crippen LogP contribution in [-0.2, 0) is 6.54 Å². The molecule has 0 bridgehead atoms. The van der Waals surface area contributed by atoms with Crippen LogP contribution in [0, 0.1) is 6.92 Å². The molecule has 0 atom stereocenters. The second-order valence-corrected chi connectivity index (χ2v) is 6.86. The van der Waals surface area contributed by atoms with E-state index in [-0.39, 0.29) is 24.0 Å².